The lowest BCUT2D eigenvalue weighted by atomic mass is 9.99. The highest BCUT2D eigenvalue weighted by Crippen LogP contribution is 2.36. The Hall–Kier alpha value is -2.63. The molecule has 0 N–H and O–H groups in total. The zero-order chi connectivity index (χ0) is 20.0. The smallest absolute Gasteiger partial charge is 0.264 e. The fourth-order valence-electron chi connectivity index (χ4n) is 4.01. The third kappa shape index (κ3) is 3.24. The lowest BCUT2D eigenvalue weighted by Gasteiger charge is -2.15. The van der Waals surface area contributed by atoms with Crippen molar-refractivity contribution in [1.29, 1.82) is 0 Å². The highest BCUT2D eigenvalue weighted by atomic mass is 35.5. The molecule has 1 atom stereocenters. The van der Waals surface area contributed by atoms with Crippen molar-refractivity contribution in [3.05, 3.63) is 70.1 Å². The van der Waals surface area contributed by atoms with Crippen LogP contribution in [0.2, 0.25) is 5.02 Å². The van der Waals surface area contributed by atoms with Crippen LogP contribution in [0.4, 0.5) is 0 Å². The number of ether oxygens (including phenoxy) is 1. The zero-order valence-corrected chi connectivity index (χ0v) is 17.5. The van der Waals surface area contributed by atoms with Crippen LogP contribution >= 0.6 is 22.9 Å². The van der Waals surface area contributed by atoms with Gasteiger partial charge in [0.2, 0.25) is 0 Å². The Morgan fingerprint density at radius 2 is 2.00 bits per heavy atom. The van der Waals surface area contributed by atoms with E-state index in [1.165, 1.54) is 16.9 Å². The van der Waals surface area contributed by atoms with Gasteiger partial charge in [-0.15, -0.1) is 11.3 Å². The van der Waals surface area contributed by atoms with Crippen molar-refractivity contribution in [2.24, 2.45) is 0 Å². The van der Waals surface area contributed by atoms with Gasteiger partial charge in [-0.3, -0.25) is 4.79 Å². The maximum absolute atomic E-state index is 13.1. The van der Waals surface area contributed by atoms with E-state index < -0.39 is 0 Å². The Balaban J connectivity index is 1.45. The summed E-state index contributed by atoms with van der Waals surface area (Å²) in [6, 6.07) is 18.2. The number of hydrogen-bond acceptors (Lipinski definition) is 4. The van der Waals surface area contributed by atoms with Gasteiger partial charge in [0.25, 0.3) is 5.91 Å². The molecule has 4 nitrogen and oxygen atoms in total. The summed E-state index contributed by atoms with van der Waals surface area (Å²) >= 11 is 7.86. The van der Waals surface area contributed by atoms with Gasteiger partial charge in [-0.1, -0.05) is 41.9 Å². The van der Waals surface area contributed by atoms with Crippen LogP contribution in [-0.2, 0) is 0 Å². The highest BCUT2D eigenvalue weighted by molar-refractivity contribution is 7.20. The third-order valence-corrected chi connectivity index (χ3v) is 6.95. The number of halogens is 1. The molecule has 1 saturated heterocycles. The maximum atomic E-state index is 13.1. The van der Waals surface area contributed by atoms with Crippen molar-refractivity contribution in [3.8, 4) is 5.75 Å². The molecule has 146 valence electrons. The number of amides is 1. The molecule has 0 aliphatic carbocycles. The van der Waals surface area contributed by atoms with E-state index >= 15 is 0 Å². The Kier molecular flexibility index (Phi) is 4.64. The summed E-state index contributed by atoms with van der Waals surface area (Å²) in [5.41, 5.74) is 2.00. The van der Waals surface area contributed by atoms with Gasteiger partial charge in [-0.25, -0.2) is 4.98 Å². The largest absolute Gasteiger partial charge is 0.495 e. The minimum atomic E-state index is 0.0826. The minimum absolute atomic E-state index is 0.0826. The molecule has 2 aromatic carbocycles. The Labute approximate surface area is 177 Å². The number of fused-ring (bicyclic) bond motifs is 2. The Bertz CT molecular complexity index is 1220. The van der Waals surface area contributed by atoms with Crippen molar-refractivity contribution in [1.82, 2.24) is 9.88 Å². The van der Waals surface area contributed by atoms with Crippen LogP contribution in [0.15, 0.2) is 54.6 Å². The van der Waals surface area contributed by atoms with Crippen LogP contribution in [0.5, 0.6) is 5.75 Å². The van der Waals surface area contributed by atoms with Crippen molar-refractivity contribution in [2.75, 3.05) is 20.2 Å². The van der Waals surface area contributed by atoms with E-state index in [1.807, 2.05) is 35.2 Å². The van der Waals surface area contributed by atoms with E-state index in [0.717, 1.165) is 40.0 Å². The number of carbonyl (C=O) groups excluding carboxylic acids is 1. The summed E-state index contributed by atoms with van der Waals surface area (Å²) in [5, 5.41) is 2.40. The molecule has 0 radical (unpaired) electrons. The SMILES string of the molecule is COc1ccc2cc3cc(C(=O)N4CC[C@@H](c5ccccc5)C4)sc3nc2c1Cl. The summed E-state index contributed by atoms with van der Waals surface area (Å²) < 4.78 is 5.29. The normalized spacial score (nSPS) is 16.6. The van der Waals surface area contributed by atoms with Crippen molar-refractivity contribution >= 4 is 50.0 Å². The van der Waals surface area contributed by atoms with Crippen LogP contribution in [0, 0.1) is 0 Å². The summed E-state index contributed by atoms with van der Waals surface area (Å²) in [4.78, 5) is 21.3. The zero-order valence-electron chi connectivity index (χ0n) is 15.9. The standard InChI is InChI=1S/C23H19ClN2O2S/c1-28-18-8-7-15-11-17-12-19(29-22(17)25-21(15)20(18)24)23(27)26-10-9-16(13-26)14-5-3-2-4-6-14/h2-8,11-12,16H,9-10,13H2,1H3/t16-/m1/s1. The van der Waals surface area contributed by atoms with Crippen molar-refractivity contribution in [2.45, 2.75) is 12.3 Å². The number of benzene rings is 2. The molecule has 3 heterocycles. The average Bonchev–Trinajstić information content (AvgIpc) is 3.40. The minimum Gasteiger partial charge on any atom is -0.495 e. The van der Waals surface area contributed by atoms with E-state index in [4.69, 9.17) is 21.3 Å². The van der Waals surface area contributed by atoms with Gasteiger partial charge in [0, 0.05) is 29.8 Å². The number of rotatable bonds is 3. The molecule has 0 saturated carbocycles. The highest BCUT2D eigenvalue weighted by Gasteiger charge is 2.29. The number of hydrogen-bond donors (Lipinski definition) is 0. The molecule has 1 amide bonds. The summed E-state index contributed by atoms with van der Waals surface area (Å²) in [7, 11) is 1.59. The van der Waals surface area contributed by atoms with E-state index in [0.29, 0.717) is 22.2 Å². The van der Waals surface area contributed by atoms with E-state index in [1.54, 1.807) is 7.11 Å². The fourth-order valence-corrected chi connectivity index (χ4v) is 5.28. The van der Waals surface area contributed by atoms with Gasteiger partial charge in [0.05, 0.1) is 17.5 Å². The van der Waals surface area contributed by atoms with Crippen molar-refractivity contribution < 1.29 is 9.53 Å². The molecule has 1 fully saturated rings. The number of aromatic nitrogens is 1. The molecule has 1 aliphatic heterocycles. The Morgan fingerprint density at radius 1 is 1.17 bits per heavy atom. The van der Waals surface area contributed by atoms with Crippen LogP contribution in [0.1, 0.15) is 27.6 Å². The van der Waals surface area contributed by atoms with E-state index in [9.17, 15) is 4.79 Å². The number of nitrogens with zero attached hydrogens (tertiary/aromatic N) is 2. The first-order valence-corrected chi connectivity index (χ1v) is 10.7. The number of likely N-dealkylation sites (tertiary alicyclic amines) is 1. The maximum Gasteiger partial charge on any atom is 0.264 e. The van der Waals surface area contributed by atoms with Gasteiger partial charge in [0.1, 0.15) is 15.6 Å². The van der Waals surface area contributed by atoms with Crippen LogP contribution in [-0.4, -0.2) is 36.0 Å². The van der Waals surface area contributed by atoms with Gasteiger partial charge in [-0.05, 0) is 36.2 Å². The number of carbonyl (C=O) groups is 1. The van der Waals surface area contributed by atoms with Crippen LogP contribution in [0.3, 0.4) is 0 Å². The number of thiophene rings is 1. The molecule has 1 aliphatic rings. The summed E-state index contributed by atoms with van der Waals surface area (Å²) in [5.74, 6) is 1.09. The fraction of sp³-hybridized carbons (Fsp3) is 0.217. The first-order chi connectivity index (χ1) is 14.1. The monoisotopic (exact) mass is 422 g/mol. The number of pyridine rings is 1. The van der Waals surface area contributed by atoms with Crippen molar-refractivity contribution in [3.63, 3.8) is 0 Å². The summed E-state index contributed by atoms with van der Waals surface area (Å²) in [6.07, 6.45) is 0.998. The lowest BCUT2D eigenvalue weighted by molar-refractivity contribution is 0.0795. The Morgan fingerprint density at radius 3 is 2.79 bits per heavy atom. The van der Waals surface area contributed by atoms with Gasteiger partial charge in [0.15, 0.2) is 0 Å². The molecule has 5 rings (SSSR count). The average molecular weight is 423 g/mol. The molecule has 0 spiro atoms. The van der Waals surface area contributed by atoms with Gasteiger partial charge < -0.3 is 9.64 Å². The number of methoxy groups -OCH3 is 1. The molecular formula is C23H19ClN2O2S. The molecule has 0 bridgehead atoms. The molecule has 2 aromatic heterocycles. The quantitative estimate of drug-likeness (QED) is 0.422. The second-order valence-electron chi connectivity index (χ2n) is 7.29. The predicted molar refractivity (Wildman–Crippen MR) is 118 cm³/mol. The van der Waals surface area contributed by atoms with Gasteiger partial charge >= 0.3 is 0 Å². The van der Waals surface area contributed by atoms with Gasteiger partial charge in [-0.2, -0.15) is 0 Å². The first-order valence-electron chi connectivity index (χ1n) is 9.55. The lowest BCUT2D eigenvalue weighted by Crippen LogP contribution is -2.27. The first kappa shape index (κ1) is 18.4. The predicted octanol–water partition coefficient (Wildman–Crippen LogP) is 5.74. The van der Waals surface area contributed by atoms with E-state index in [2.05, 4.69) is 24.3 Å². The molecule has 0 unspecified atom stereocenters. The summed E-state index contributed by atoms with van der Waals surface area (Å²) in [6.45, 7) is 1.54. The third-order valence-electron chi connectivity index (χ3n) is 5.55. The second kappa shape index (κ2) is 7.32. The van der Waals surface area contributed by atoms with E-state index in [-0.39, 0.29) is 5.91 Å². The van der Waals surface area contributed by atoms with Crippen LogP contribution < -0.4 is 4.74 Å². The second-order valence-corrected chi connectivity index (χ2v) is 8.70. The topological polar surface area (TPSA) is 42.4 Å². The molecule has 4 aromatic rings. The molecular weight excluding hydrogens is 404 g/mol. The molecule has 6 heteroatoms. The molecule has 29 heavy (non-hydrogen) atoms. The van der Waals surface area contributed by atoms with Crippen LogP contribution in [0.25, 0.3) is 21.1 Å².